The highest BCUT2D eigenvalue weighted by Gasteiger charge is 2.44. The van der Waals surface area contributed by atoms with Crippen molar-refractivity contribution in [1.29, 1.82) is 0 Å². The summed E-state index contributed by atoms with van der Waals surface area (Å²) in [6, 6.07) is 20.3. The van der Waals surface area contributed by atoms with Crippen molar-refractivity contribution in [1.82, 2.24) is 4.90 Å². The van der Waals surface area contributed by atoms with Crippen LogP contribution in [0.15, 0.2) is 60.7 Å². The summed E-state index contributed by atoms with van der Waals surface area (Å²) < 4.78 is 0. The number of Topliss-reactive ketones (excluding diaryl/α,β-unsaturated/α-hetero) is 1. The van der Waals surface area contributed by atoms with E-state index >= 15 is 0 Å². The van der Waals surface area contributed by atoms with E-state index in [-0.39, 0.29) is 30.3 Å². The van der Waals surface area contributed by atoms with Crippen molar-refractivity contribution in [2.45, 2.75) is 56.1 Å². The monoisotopic (exact) mass is 399 g/mol. The second kappa shape index (κ2) is 9.21. The molecule has 0 amide bonds. The number of likely N-dealkylation sites (tertiary alicyclic amines) is 1. The Morgan fingerprint density at radius 2 is 1.46 bits per heavy atom. The first kappa shape index (κ1) is 21.0. The number of carbonyl (C=O) groups is 1. The van der Waals surface area contributed by atoms with Crippen LogP contribution < -0.4 is 0 Å². The summed E-state index contributed by atoms with van der Waals surface area (Å²) in [4.78, 5) is 16.0. The molecule has 1 aliphatic carbocycles. The zero-order valence-corrected chi connectivity index (χ0v) is 17.1. The Morgan fingerprint density at radius 3 is 2.07 bits per heavy atom. The van der Waals surface area contributed by atoms with Crippen molar-refractivity contribution < 1.29 is 9.90 Å². The molecule has 4 heteroatoms. The molecular formula is C24H30ClNO2. The number of aliphatic hydroxyl groups excluding tert-OH is 1. The first-order valence-electron chi connectivity index (χ1n) is 10.3. The van der Waals surface area contributed by atoms with Crippen molar-refractivity contribution in [3.8, 4) is 0 Å². The van der Waals surface area contributed by atoms with Crippen LogP contribution in [-0.4, -0.2) is 41.0 Å². The molecule has 0 aromatic heterocycles. The van der Waals surface area contributed by atoms with Gasteiger partial charge in [0.25, 0.3) is 0 Å². The van der Waals surface area contributed by atoms with Crippen molar-refractivity contribution >= 4 is 18.2 Å². The molecule has 0 radical (unpaired) electrons. The van der Waals surface area contributed by atoms with Gasteiger partial charge < -0.3 is 5.11 Å². The van der Waals surface area contributed by atoms with Gasteiger partial charge in [0.15, 0.2) is 5.78 Å². The maximum atomic E-state index is 13.6. The Kier molecular flexibility index (Phi) is 6.92. The second-order valence-corrected chi connectivity index (χ2v) is 8.10. The number of nitrogens with zero attached hydrogens (tertiary/aromatic N) is 1. The number of rotatable bonds is 4. The fourth-order valence-electron chi connectivity index (χ4n) is 5.02. The first-order valence-corrected chi connectivity index (χ1v) is 10.3. The first-order chi connectivity index (χ1) is 13.2. The molecule has 1 aliphatic heterocycles. The summed E-state index contributed by atoms with van der Waals surface area (Å²) >= 11 is 0. The molecule has 0 spiro atoms. The smallest absolute Gasteiger partial charge is 0.173 e. The lowest BCUT2D eigenvalue weighted by atomic mass is 9.67. The van der Waals surface area contributed by atoms with Gasteiger partial charge in [-0.1, -0.05) is 73.5 Å². The van der Waals surface area contributed by atoms with E-state index in [9.17, 15) is 9.90 Å². The van der Waals surface area contributed by atoms with E-state index in [1.54, 1.807) is 0 Å². The number of ketones is 1. The van der Waals surface area contributed by atoms with Crippen molar-refractivity contribution in [2.24, 2.45) is 0 Å². The number of hydrogen-bond donors (Lipinski definition) is 1. The number of hydrogen-bond acceptors (Lipinski definition) is 3. The fourth-order valence-corrected chi connectivity index (χ4v) is 5.02. The maximum absolute atomic E-state index is 13.6. The lowest BCUT2D eigenvalue weighted by molar-refractivity contribution is 0.00104. The van der Waals surface area contributed by atoms with Crippen LogP contribution in [0.3, 0.4) is 0 Å². The van der Waals surface area contributed by atoms with Gasteiger partial charge in [0.2, 0.25) is 0 Å². The van der Waals surface area contributed by atoms with E-state index in [0.29, 0.717) is 0 Å². The lowest BCUT2D eigenvalue weighted by Gasteiger charge is -2.46. The minimum Gasteiger partial charge on any atom is -0.391 e. The van der Waals surface area contributed by atoms with Gasteiger partial charge in [0.05, 0.1) is 11.5 Å². The zero-order chi connectivity index (χ0) is 18.7. The average Bonchev–Trinajstić information content (AvgIpc) is 2.75. The van der Waals surface area contributed by atoms with E-state index in [1.165, 1.54) is 6.42 Å². The van der Waals surface area contributed by atoms with Crippen molar-refractivity contribution in [3.05, 3.63) is 71.8 Å². The highest BCUT2D eigenvalue weighted by molar-refractivity contribution is 6.04. The quantitative estimate of drug-likeness (QED) is 0.762. The van der Waals surface area contributed by atoms with Gasteiger partial charge in [-0.05, 0) is 44.3 Å². The summed E-state index contributed by atoms with van der Waals surface area (Å²) in [5.74, 6) is 0.234. The number of benzene rings is 2. The third kappa shape index (κ3) is 4.03. The van der Waals surface area contributed by atoms with Gasteiger partial charge in [0.1, 0.15) is 0 Å². The van der Waals surface area contributed by atoms with Gasteiger partial charge in [-0.3, -0.25) is 9.69 Å². The summed E-state index contributed by atoms with van der Waals surface area (Å²) in [5, 5.41) is 10.4. The van der Waals surface area contributed by atoms with Crippen LogP contribution in [0.25, 0.3) is 0 Å². The van der Waals surface area contributed by atoms with E-state index < -0.39 is 5.41 Å². The summed E-state index contributed by atoms with van der Waals surface area (Å²) in [6.45, 7) is 1.74. The van der Waals surface area contributed by atoms with Crippen LogP contribution in [0.4, 0.5) is 0 Å². The van der Waals surface area contributed by atoms with Crippen LogP contribution in [0.5, 0.6) is 0 Å². The summed E-state index contributed by atoms with van der Waals surface area (Å²) in [5.41, 5.74) is 1.47. The highest BCUT2D eigenvalue weighted by atomic mass is 35.5. The molecule has 3 nitrogen and oxygen atoms in total. The molecule has 150 valence electrons. The molecule has 1 saturated heterocycles. The largest absolute Gasteiger partial charge is 0.391 e. The maximum Gasteiger partial charge on any atom is 0.173 e. The molecule has 2 fully saturated rings. The molecule has 28 heavy (non-hydrogen) atoms. The molecular weight excluding hydrogens is 370 g/mol. The average molecular weight is 400 g/mol. The Labute approximate surface area is 174 Å². The fraction of sp³-hybridized carbons (Fsp3) is 0.458. The van der Waals surface area contributed by atoms with E-state index in [4.69, 9.17) is 0 Å². The van der Waals surface area contributed by atoms with Gasteiger partial charge in [0, 0.05) is 11.6 Å². The number of carbonyl (C=O) groups excluding carboxylic acids is 1. The number of halogens is 1. The molecule has 1 N–H and O–H groups in total. The molecule has 2 aromatic carbocycles. The highest BCUT2D eigenvalue weighted by Crippen LogP contribution is 2.40. The zero-order valence-electron chi connectivity index (χ0n) is 16.3. The van der Waals surface area contributed by atoms with Gasteiger partial charge in [-0.15, -0.1) is 12.4 Å². The molecule has 2 aliphatic rings. The molecule has 0 bridgehead atoms. The third-order valence-corrected chi connectivity index (χ3v) is 6.61. The Morgan fingerprint density at radius 1 is 0.893 bits per heavy atom. The standard InChI is InChI=1S/C24H29NO2.ClH/c26-22-14-8-7-13-21(22)25-17-15-24(16-18-25,20-11-5-2-6-12-20)23(27)19-9-3-1-4-10-19;/h1-6,9-12,21-22,26H,7-8,13-18H2;1H/t21-,22-;/m1./s1. The topological polar surface area (TPSA) is 40.5 Å². The second-order valence-electron chi connectivity index (χ2n) is 8.10. The third-order valence-electron chi connectivity index (χ3n) is 6.61. The molecule has 1 saturated carbocycles. The van der Waals surface area contributed by atoms with Gasteiger partial charge in [-0.25, -0.2) is 0 Å². The number of piperidine rings is 1. The van der Waals surface area contributed by atoms with Crippen LogP contribution >= 0.6 is 12.4 Å². The van der Waals surface area contributed by atoms with Crippen LogP contribution in [0, 0.1) is 0 Å². The predicted molar refractivity (Wildman–Crippen MR) is 115 cm³/mol. The molecule has 2 atom stereocenters. The Hall–Kier alpha value is -1.68. The van der Waals surface area contributed by atoms with E-state index in [1.807, 2.05) is 48.5 Å². The Balaban J connectivity index is 0.00000225. The molecule has 0 unspecified atom stereocenters. The van der Waals surface area contributed by atoms with Gasteiger partial charge >= 0.3 is 0 Å². The number of aliphatic hydroxyl groups is 1. The minimum atomic E-state index is -0.460. The molecule has 4 rings (SSSR count). The summed E-state index contributed by atoms with van der Waals surface area (Å²) in [7, 11) is 0. The van der Waals surface area contributed by atoms with Crippen molar-refractivity contribution in [2.75, 3.05) is 13.1 Å². The normalized spacial score (nSPS) is 24.9. The molecule has 1 heterocycles. The van der Waals surface area contributed by atoms with Crippen LogP contribution in [-0.2, 0) is 5.41 Å². The SMILES string of the molecule is Cl.O=C(c1ccccc1)C1(c2ccccc2)CCN([C@@H]2CCCC[C@H]2O)CC1. The lowest BCUT2D eigenvalue weighted by Crippen LogP contribution is -2.53. The van der Waals surface area contributed by atoms with E-state index in [0.717, 1.165) is 56.3 Å². The van der Waals surface area contributed by atoms with Crippen LogP contribution in [0.1, 0.15) is 54.4 Å². The van der Waals surface area contributed by atoms with Gasteiger partial charge in [-0.2, -0.15) is 0 Å². The minimum absolute atomic E-state index is 0. The predicted octanol–water partition coefficient (Wildman–Crippen LogP) is 4.63. The Bertz CT molecular complexity index is 757. The van der Waals surface area contributed by atoms with Crippen LogP contribution in [0.2, 0.25) is 0 Å². The van der Waals surface area contributed by atoms with Crippen molar-refractivity contribution in [3.63, 3.8) is 0 Å². The molecule has 2 aromatic rings. The summed E-state index contributed by atoms with van der Waals surface area (Å²) in [6.07, 6.45) is 5.73. The van der Waals surface area contributed by atoms with E-state index in [2.05, 4.69) is 17.0 Å².